The highest BCUT2D eigenvalue weighted by Crippen LogP contribution is 2.53. The Hall–Kier alpha value is -2.17. The largest absolute Gasteiger partial charge is 0.355 e. The first-order chi connectivity index (χ1) is 11.6. The van der Waals surface area contributed by atoms with Crippen LogP contribution in [0.1, 0.15) is 54.4 Å². The number of carbonyl (C=O) groups excluding carboxylic acids is 1. The highest BCUT2D eigenvalue weighted by atomic mass is 16.1. The Morgan fingerprint density at radius 1 is 1.29 bits per heavy atom. The van der Waals surface area contributed by atoms with E-state index in [-0.39, 0.29) is 5.78 Å². The van der Waals surface area contributed by atoms with Crippen molar-refractivity contribution >= 4 is 11.6 Å². The number of hydrogen-bond acceptors (Lipinski definition) is 4. The number of imidazole rings is 1. The van der Waals surface area contributed by atoms with E-state index in [4.69, 9.17) is 4.98 Å². The van der Waals surface area contributed by atoms with E-state index < -0.39 is 0 Å². The van der Waals surface area contributed by atoms with E-state index in [9.17, 15) is 4.79 Å². The minimum Gasteiger partial charge on any atom is -0.355 e. The fourth-order valence-corrected chi connectivity index (χ4v) is 3.48. The number of aryl methyl sites for hydroxylation is 1. The number of ketones is 1. The van der Waals surface area contributed by atoms with E-state index in [1.165, 1.54) is 31.5 Å². The summed E-state index contributed by atoms with van der Waals surface area (Å²) >= 11 is 0. The first-order valence-electron chi connectivity index (χ1n) is 8.85. The van der Waals surface area contributed by atoms with Crippen LogP contribution in [-0.2, 0) is 6.54 Å². The van der Waals surface area contributed by atoms with E-state index in [1.807, 2.05) is 17.7 Å². The maximum absolute atomic E-state index is 11.9. The van der Waals surface area contributed by atoms with Crippen molar-refractivity contribution in [2.24, 2.45) is 5.41 Å². The van der Waals surface area contributed by atoms with Gasteiger partial charge in [0.1, 0.15) is 11.5 Å². The topological polar surface area (TPSA) is 51.0 Å². The highest BCUT2D eigenvalue weighted by Gasteiger charge is 2.52. The van der Waals surface area contributed by atoms with E-state index in [0.717, 1.165) is 17.9 Å². The normalized spacial score (nSPS) is 17.8. The molecule has 0 aromatic carbocycles. The number of anilines is 1. The van der Waals surface area contributed by atoms with E-state index in [2.05, 4.69) is 28.9 Å². The molecule has 0 radical (unpaired) electrons. The summed E-state index contributed by atoms with van der Waals surface area (Å²) < 4.78 is 1.97. The van der Waals surface area contributed by atoms with Gasteiger partial charge in [-0.3, -0.25) is 4.79 Å². The van der Waals surface area contributed by atoms with Crippen molar-refractivity contribution in [1.82, 2.24) is 14.5 Å². The van der Waals surface area contributed by atoms with Crippen molar-refractivity contribution in [3.05, 3.63) is 41.6 Å². The maximum Gasteiger partial charge on any atom is 0.182 e. The Labute approximate surface area is 142 Å². The molecule has 0 bridgehead atoms. The zero-order valence-electron chi connectivity index (χ0n) is 14.5. The van der Waals surface area contributed by atoms with Crippen LogP contribution < -0.4 is 4.90 Å². The van der Waals surface area contributed by atoms with E-state index >= 15 is 0 Å². The van der Waals surface area contributed by atoms with Crippen LogP contribution in [0.25, 0.3) is 0 Å². The first-order valence-corrected chi connectivity index (χ1v) is 8.85. The van der Waals surface area contributed by atoms with Crippen LogP contribution in [0.3, 0.4) is 0 Å². The van der Waals surface area contributed by atoms with Gasteiger partial charge in [0.25, 0.3) is 0 Å². The average Bonchev–Trinajstić information content (AvgIpc) is 3.20. The molecular weight excluding hydrogens is 300 g/mol. The number of Topliss-reactive ketones (excluding diaryl/α,β-unsaturated/α-hetero) is 1. The zero-order chi connectivity index (χ0) is 16.7. The lowest BCUT2D eigenvalue weighted by atomic mass is 9.97. The molecule has 0 unspecified atom stereocenters. The molecule has 5 heteroatoms. The lowest BCUT2D eigenvalue weighted by molar-refractivity contribution is 0.0977. The fourth-order valence-electron chi connectivity index (χ4n) is 3.48. The summed E-state index contributed by atoms with van der Waals surface area (Å²) in [6.07, 6.45) is 7.78. The molecule has 2 aromatic rings. The molecule has 4 rings (SSSR count). The van der Waals surface area contributed by atoms with Crippen LogP contribution in [0.15, 0.2) is 24.7 Å². The smallest absolute Gasteiger partial charge is 0.182 e. The molecule has 1 saturated heterocycles. The second-order valence-corrected chi connectivity index (χ2v) is 7.37. The average molecular weight is 324 g/mol. The van der Waals surface area contributed by atoms with Crippen molar-refractivity contribution in [2.45, 2.75) is 46.1 Å². The standard InChI is InChI=1S/C19H24N4O/c1-3-4-17(24)16-10-22(13-20-16)9-15-5-6-18(21-14(15)2)23-11-19(12-23)7-8-19/h5-6,10,13H,3-4,7-9,11-12H2,1-2H3. The van der Waals surface area contributed by atoms with Gasteiger partial charge >= 0.3 is 0 Å². The quantitative estimate of drug-likeness (QED) is 0.766. The number of pyridine rings is 1. The van der Waals surface area contributed by atoms with Crippen LogP contribution in [-0.4, -0.2) is 33.4 Å². The third-order valence-electron chi connectivity index (χ3n) is 5.26. The van der Waals surface area contributed by atoms with Gasteiger partial charge in [0.15, 0.2) is 5.78 Å². The Morgan fingerprint density at radius 2 is 2.08 bits per heavy atom. The molecule has 1 aliphatic heterocycles. The van der Waals surface area contributed by atoms with Gasteiger partial charge in [-0.05, 0) is 37.8 Å². The summed E-state index contributed by atoms with van der Waals surface area (Å²) in [6, 6.07) is 4.28. The summed E-state index contributed by atoms with van der Waals surface area (Å²) in [5.74, 6) is 1.21. The third kappa shape index (κ3) is 2.83. The molecule has 0 N–H and O–H groups in total. The van der Waals surface area contributed by atoms with E-state index in [0.29, 0.717) is 24.1 Å². The molecule has 1 spiro atoms. The Morgan fingerprint density at radius 3 is 2.75 bits per heavy atom. The number of nitrogens with zero attached hydrogens (tertiary/aromatic N) is 4. The molecule has 3 heterocycles. The molecule has 2 fully saturated rings. The Balaban J connectivity index is 1.44. The predicted octanol–water partition coefficient (Wildman–Crippen LogP) is 3.22. The molecule has 126 valence electrons. The molecule has 24 heavy (non-hydrogen) atoms. The van der Waals surface area contributed by atoms with Crippen LogP contribution in [0.5, 0.6) is 0 Å². The number of carbonyl (C=O) groups is 1. The van der Waals surface area contributed by atoms with Gasteiger partial charge in [-0.15, -0.1) is 0 Å². The second kappa shape index (κ2) is 5.72. The Bertz CT molecular complexity index is 767. The summed E-state index contributed by atoms with van der Waals surface area (Å²) in [6.45, 7) is 7.11. The molecular formula is C19H24N4O. The molecule has 1 aliphatic carbocycles. The highest BCUT2D eigenvalue weighted by molar-refractivity contribution is 5.93. The minimum absolute atomic E-state index is 0.119. The molecule has 5 nitrogen and oxygen atoms in total. The van der Waals surface area contributed by atoms with Gasteiger partial charge in [0, 0.05) is 36.8 Å². The van der Waals surface area contributed by atoms with Crippen molar-refractivity contribution in [1.29, 1.82) is 0 Å². The number of aromatic nitrogens is 3. The van der Waals surface area contributed by atoms with Crippen molar-refractivity contribution in [3.63, 3.8) is 0 Å². The fraction of sp³-hybridized carbons (Fsp3) is 0.526. The van der Waals surface area contributed by atoms with Crippen molar-refractivity contribution in [3.8, 4) is 0 Å². The second-order valence-electron chi connectivity index (χ2n) is 7.37. The lowest BCUT2D eigenvalue weighted by Gasteiger charge is -2.41. The molecule has 0 atom stereocenters. The summed E-state index contributed by atoms with van der Waals surface area (Å²) in [5, 5.41) is 0. The van der Waals surface area contributed by atoms with Gasteiger partial charge in [-0.1, -0.05) is 13.0 Å². The van der Waals surface area contributed by atoms with Crippen LogP contribution in [0.4, 0.5) is 5.82 Å². The minimum atomic E-state index is 0.119. The SMILES string of the molecule is CCCC(=O)c1cn(Cc2ccc(N3CC4(CC4)C3)nc2C)cn1. The maximum atomic E-state index is 11.9. The third-order valence-corrected chi connectivity index (χ3v) is 5.26. The van der Waals surface area contributed by atoms with Gasteiger partial charge in [0.2, 0.25) is 0 Å². The molecule has 2 aliphatic rings. The molecule has 0 amide bonds. The predicted molar refractivity (Wildman–Crippen MR) is 93.4 cm³/mol. The van der Waals surface area contributed by atoms with Crippen molar-refractivity contribution < 1.29 is 4.79 Å². The monoisotopic (exact) mass is 324 g/mol. The molecule has 1 saturated carbocycles. The Kier molecular flexibility index (Phi) is 3.66. The van der Waals surface area contributed by atoms with E-state index in [1.54, 1.807) is 6.33 Å². The van der Waals surface area contributed by atoms with Crippen LogP contribution in [0, 0.1) is 12.3 Å². The van der Waals surface area contributed by atoms with Crippen LogP contribution in [0.2, 0.25) is 0 Å². The first kappa shape index (κ1) is 15.4. The van der Waals surface area contributed by atoms with Gasteiger partial charge in [-0.2, -0.15) is 0 Å². The van der Waals surface area contributed by atoms with Crippen molar-refractivity contribution in [2.75, 3.05) is 18.0 Å². The van der Waals surface area contributed by atoms with Crippen LogP contribution >= 0.6 is 0 Å². The van der Waals surface area contributed by atoms with Gasteiger partial charge in [0.05, 0.1) is 12.9 Å². The summed E-state index contributed by atoms with van der Waals surface area (Å²) in [7, 11) is 0. The van der Waals surface area contributed by atoms with Gasteiger partial charge in [-0.25, -0.2) is 9.97 Å². The van der Waals surface area contributed by atoms with Gasteiger partial charge < -0.3 is 9.47 Å². The summed E-state index contributed by atoms with van der Waals surface area (Å²) in [4.78, 5) is 23.3. The summed E-state index contributed by atoms with van der Waals surface area (Å²) in [5.41, 5.74) is 3.44. The lowest BCUT2D eigenvalue weighted by Crippen LogP contribution is -2.48. The number of hydrogen-bond donors (Lipinski definition) is 0. The number of rotatable bonds is 6. The zero-order valence-corrected chi connectivity index (χ0v) is 14.5. The molecule has 2 aromatic heterocycles.